The Morgan fingerprint density at radius 1 is 1.11 bits per heavy atom. The molecule has 0 aliphatic rings. The van der Waals surface area contributed by atoms with Crippen LogP contribution in [0.15, 0.2) is 48.5 Å². The van der Waals surface area contributed by atoms with E-state index < -0.39 is 6.10 Å². The number of hydrogen-bond donors (Lipinski definition) is 1. The van der Waals surface area contributed by atoms with Gasteiger partial charge in [-0.2, -0.15) is 10.1 Å². The van der Waals surface area contributed by atoms with E-state index in [2.05, 4.69) is 41.4 Å². The molecule has 7 heteroatoms. The van der Waals surface area contributed by atoms with Crippen molar-refractivity contribution in [2.45, 2.75) is 32.4 Å². The molecule has 0 spiro atoms. The fraction of sp³-hybridized carbons (Fsp3) is 0.300. The number of aliphatic hydroxyl groups is 1. The predicted octanol–water partition coefficient (Wildman–Crippen LogP) is 2.78. The molecular formula is C20H21N5O2. The molecule has 27 heavy (non-hydrogen) atoms. The maximum atomic E-state index is 10.1. The van der Waals surface area contributed by atoms with E-state index in [1.165, 1.54) is 10.4 Å². The maximum Gasteiger partial charge on any atom is 0.204 e. The van der Waals surface area contributed by atoms with E-state index in [0.29, 0.717) is 23.1 Å². The largest absolute Gasteiger partial charge is 0.491 e. The van der Waals surface area contributed by atoms with E-state index in [4.69, 9.17) is 10.00 Å². The van der Waals surface area contributed by atoms with E-state index in [1.807, 2.05) is 18.2 Å². The van der Waals surface area contributed by atoms with Crippen LogP contribution >= 0.6 is 0 Å². The minimum Gasteiger partial charge on any atom is -0.491 e. The van der Waals surface area contributed by atoms with Crippen LogP contribution in [0.3, 0.4) is 0 Å². The lowest BCUT2D eigenvalue weighted by atomic mass is 10.0. The normalized spacial score (nSPS) is 12.0. The minimum atomic E-state index is -0.786. The summed E-state index contributed by atoms with van der Waals surface area (Å²) in [7, 11) is 0. The summed E-state index contributed by atoms with van der Waals surface area (Å²) in [5.74, 6) is 1.57. The highest BCUT2D eigenvalue weighted by Crippen LogP contribution is 2.19. The van der Waals surface area contributed by atoms with Crippen LogP contribution < -0.4 is 4.74 Å². The molecule has 0 bridgehead atoms. The molecule has 0 saturated carbocycles. The number of nitrogens with zero attached hydrogens (tertiary/aromatic N) is 5. The van der Waals surface area contributed by atoms with Crippen LogP contribution in [0, 0.1) is 11.3 Å². The molecule has 0 saturated heterocycles. The zero-order valence-electron chi connectivity index (χ0n) is 15.3. The van der Waals surface area contributed by atoms with Gasteiger partial charge in [0, 0.05) is 5.56 Å². The summed E-state index contributed by atoms with van der Waals surface area (Å²) in [4.78, 5) is 1.36. The molecule has 2 aromatic carbocycles. The summed E-state index contributed by atoms with van der Waals surface area (Å²) in [6, 6.07) is 16.8. The van der Waals surface area contributed by atoms with Crippen molar-refractivity contribution >= 4 is 0 Å². The van der Waals surface area contributed by atoms with E-state index in [1.54, 1.807) is 24.3 Å². The Morgan fingerprint density at radius 3 is 2.44 bits per heavy atom. The average Bonchev–Trinajstić information content (AvgIpc) is 3.15. The lowest BCUT2D eigenvalue weighted by Gasteiger charge is -2.11. The summed E-state index contributed by atoms with van der Waals surface area (Å²) in [5, 5.41) is 31.3. The van der Waals surface area contributed by atoms with Gasteiger partial charge in [-0.1, -0.05) is 38.1 Å². The second-order valence-electron chi connectivity index (χ2n) is 6.55. The van der Waals surface area contributed by atoms with Crippen molar-refractivity contribution in [2.24, 2.45) is 0 Å². The molecule has 7 nitrogen and oxygen atoms in total. The first-order chi connectivity index (χ1) is 13.0. The standard InChI is InChI=1S/C20H21N5O2/c1-14(2)16-5-7-17(8-6-16)20-22-24-25(23-20)12-18(26)13-27-19-9-3-15(11-21)4-10-19/h3-10,14,18,26H,12-13H2,1-2H3/t18-/m0/s1. The number of hydrogen-bond acceptors (Lipinski definition) is 6. The summed E-state index contributed by atoms with van der Waals surface area (Å²) in [6.07, 6.45) is -0.786. The molecule has 0 fully saturated rings. The monoisotopic (exact) mass is 363 g/mol. The molecule has 1 N–H and O–H groups in total. The zero-order chi connectivity index (χ0) is 19.2. The van der Waals surface area contributed by atoms with Gasteiger partial charge in [0.2, 0.25) is 5.82 Å². The van der Waals surface area contributed by atoms with Crippen LogP contribution in [0.2, 0.25) is 0 Å². The molecule has 3 aromatic rings. The number of benzene rings is 2. The first kappa shape index (κ1) is 18.5. The van der Waals surface area contributed by atoms with Gasteiger partial charge in [-0.3, -0.25) is 0 Å². The summed E-state index contributed by atoms with van der Waals surface area (Å²) < 4.78 is 5.52. The van der Waals surface area contributed by atoms with Gasteiger partial charge in [0.15, 0.2) is 0 Å². The number of nitriles is 1. The second-order valence-corrected chi connectivity index (χ2v) is 6.55. The van der Waals surface area contributed by atoms with Crippen molar-refractivity contribution in [2.75, 3.05) is 6.61 Å². The van der Waals surface area contributed by atoms with Crippen molar-refractivity contribution in [3.63, 3.8) is 0 Å². The van der Waals surface area contributed by atoms with Crippen molar-refractivity contribution in [3.05, 3.63) is 59.7 Å². The van der Waals surface area contributed by atoms with Crippen molar-refractivity contribution < 1.29 is 9.84 Å². The molecular weight excluding hydrogens is 342 g/mol. The number of rotatable bonds is 7. The van der Waals surface area contributed by atoms with Gasteiger partial charge in [0.1, 0.15) is 18.5 Å². The van der Waals surface area contributed by atoms with E-state index in [-0.39, 0.29) is 13.2 Å². The van der Waals surface area contributed by atoms with E-state index in [9.17, 15) is 5.11 Å². The van der Waals surface area contributed by atoms with Crippen molar-refractivity contribution in [1.29, 1.82) is 5.26 Å². The SMILES string of the molecule is CC(C)c1ccc(-c2nnn(C[C@H](O)COc3ccc(C#N)cc3)n2)cc1. The van der Waals surface area contributed by atoms with Gasteiger partial charge in [-0.15, -0.1) is 10.2 Å². The lowest BCUT2D eigenvalue weighted by molar-refractivity contribution is 0.0850. The van der Waals surface area contributed by atoms with E-state index >= 15 is 0 Å². The second kappa shape index (κ2) is 8.43. The highest BCUT2D eigenvalue weighted by molar-refractivity contribution is 5.54. The molecule has 1 atom stereocenters. The Labute approximate surface area is 157 Å². The quantitative estimate of drug-likeness (QED) is 0.693. The topological polar surface area (TPSA) is 96.9 Å². The van der Waals surface area contributed by atoms with Gasteiger partial charge in [-0.05, 0) is 41.0 Å². The van der Waals surface area contributed by atoms with Gasteiger partial charge < -0.3 is 9.84 Å². The Morgan fingerprint density at radius 2 is 1.81 bits per heavy atom. The third-order valence-electron chi connectivity index (χ3n) is 4.09. The maximum absolute atomic E-state index is 10.1. The molecule has 0 aliphatic heterocycles. The van der Waals surface area contributed by atoms with Gasteiger partial charge in [0.25, 0.3) is 0 Å². The van der Waals surface area contributed by atoms with E-state index in [0.717, 1.165) is 5.56 Å². The Bertz CT molecular complexity index is 911. The third kappa shape index (κ3) is 4.90. The number of aromatic nitrogens is 4. The van der Waals surface area contributed by atoms with Crippen LogP contribution in [0.1, 0.15) is 30.9 Å². The van der Waals surface area contributed by atoms with Crippen LogP contribution in [-0.2, 0) is 6.54 Å². The fourth-order valence-corrected chi connectivity index (χ4v) is 2.51. The first-order valence-corrected chi connectivity index (χ1v) is 8.74. The Hall–Kier alpha value is -3.24. The molecule has 3 rings (SSSR count). The van der Waals surface area contributed by atoms with Crippen LogP contribution in [-0.4, -0.2) is 38.0 Å². The molecule has 1 aromatic heterocycles. The molecule has 1 heterocycles. The van der Waals surface area contributed by atoms with Crippen LogP contribution in [0.4, 0.5) is 0 Å². The molecule has 0 aliphatic carbocycles. The Balaban J connectivity index is 1.55. The number of aliphatic hydroxyl groups excluding tert-OH is 1. The summed E-state index contributed by atoms with van der Waals surface area (Å²) in [5.41, 5.74) is 2.69. The Kier molecular flexibility index (Phi) is 5.79. The molecule has 138 valence electrons. The minimum absolute atomic E-state index is 0.0891. The molecule has 0 amide bonds. The fourth-order valence-electron chi connectivity index (χ4n) is 2.51. The third-order valence-corrected chi connectivity index (χ3v) is 4.09. The summed E-state index contributed by atoms with van der Waals surface area (Å²) in [6.45, 7) is 4.55. The van der Waals surface area contributed by atoms with Gasteiger partial charge in [0.05, 0.1) is 18.2 Å². The lowest BCUT2D eigenvalue weighted by Crippen LogP contribution is -2.24. The van der Waals surface area contributed by atoms with Gasteiger partial charge in [-0.25, -0.2) is 0 Å². The predicted molar refractivity (Wildman–Crippen MR) is 100 cm³/mol. The van der Waals surface area contributed by atoms with Crippen LogP contribution in [0.25, 0.3) is 11.4 Å². The van der Waals surface area contributed by atoms with Crippen molar-refractivity contribution in [1.82, 2.24) is 20.2 Å². The highest BCUT2D eigenvalue weighted by Gasteiger charge is 2.11. The smallest absolute Gasteiger partial charge is 0.204 e. The zero-order valence-corrected chi connectivity index (χ0v) is 15.3. The summed E-state index contributed by atoms with van der Waals surface area (Å²) >= 11 is 0. The van der Waals surface area contributed by atoms with Crippen molar-refractivity contribution in [3.8, 4) is 23.2 Å². The van der Waals surface area contributed by atoms with Crippen LogP contribution in [0.5, 0.6) is 5.75 Å². The number of ether oxygens (including phenoxy) is 1. The molecule has 0 radical (unpaired) electrons. The highest BCUT2D eigenvalue weighted by atomic mass is 16.5. The van der Waals surface area contributed by atoms with Gasteiger partial charge >= 0.3 is 0 Å². The number of tetrazole rings is 1. The molecule has 0 unspecified atom stereocenters. The first-order valence-electron chi connectivity index (χ1n) is 8.74. The average molecular weight is 363 g/mol.